The van der Waals surface area contributed by atoms with E-state index in [1.165, 1.54) is 65.8 Å². The SMILES string of the molecule is C1=C(c2cc3ccccc3s2)CCN(C[C@H]2CO2)C1.O=[N+]([O-])OCC(CS)O[N+](=O)[O-].O=[N+]([O-])OCC(CSC[C@@H](O)CN1CC=C(c2cc3ccccc3s2)CC1)O[N+](=O)[O-]. The monoisotopic (exact) mass is 938 g/mol. The van der Waals surface area contributed by atoms with E-state index in [0.29, 0.717) is 18.4 Å². The number of aliphatic hydroxyl groups excluding tert-OH is 1. The van der Waals surface area contributed by atoms with Crippen molar-refractivity contribution in [2.45, 2.75) is 37.3 Å². The molecule has 62 heavy (non-hydrogen) atoms. The first-order chi connectivity index (χ1) is 29.8. The molecule has 4 atom stereocenters. The summed E-state index contributed by atoms with van der Waals surface area (Å²) in [5.41, 5.74) is 2.85. The average Bonchev–Trinajstić information content (AvgIpc) is 3.78. The van der Waals surface area contributed by atoms with Gasteiger partial charge in [-0.1, -0.05) is 48.6 Å². The van der Waals surface area contributed by atoms with E-state index >= 15 is 0 Å². The lowest BCUT2D eigenvalue weighted by Crippen LogP contribution is -2.36. The molecule has 0 aliphatic carbocycles. The second-order valence-corrected chi connectivity index (χ2v) is 17.7. The molecule has 1 fully saturated rings. The van der Waals surface area contributed by atoms with Crippen molar-refractivity contribution in [1.29, 1.82) is 0 Å². The van der Waals surface area contributed by atoms with Gasteiger partial charge in [0.2, 0.25) is 0 Å². The number of β-amino-alcohol motifs (C(OH)–C–C–N with tert-alkyl or cyclic N) is 1. The largest absolute Gasteiger partial charge is 0.391 e. The molecule has 0 spiro atoms. The topological polar surface area (TPSA) is 249 Å². The van der Waals surface area contributed by atoms with Crippen molar-refractivity contribution in [1.82, 2.24) is 9.80 Å². The quantitative estimate of drug-likeness (QED) is 0.0423. The number of hydrogen-bond donors (Lipinski definition) is 2. The minimum absolute atomic E-state index is 0.0329. The molecule has 24 heteroatoms. The number of epoxide rings is 1. The summed E-state index contributed by atoms with van der Waals surface area (Å²) in [6.45, 7) is 5.34. The summed E-state index contributed by atoms with van der Waals surface area (Å²) < 4.78 is 7.97. The van der Waals surface area contributed by atoms with E-state index < -0.39 is 51.9 Å². The molecule has 2 aromatic carbocycles. The molecule has 1 N–H and O–H groups in total. The number of aliphatic hydroxyl groups is 1. The predicted octanol–water partition coefficient (Wildman–Crippen LogP) is 5.96. The summed E-state index contributed by atoms with van der Waals surface area (Å²) in [6, 6.07) is 21.5. The molecule has 3 aliphatic heterocycles. The van der Waals surface area contributed by atoms with E-state index in [1.807, 2.05) is 23.5 Å². The van der Waals surface area contributed by atoms with Crippen molar-refractivity contribution in [3.8, 4) is 0 Å². The first kappa shape index (κ1) is 48.2. The van der Waals surface area contributed by atoms with Gasteiger partial charge in [-0.05, 0) is 59.0 Å². The van der Waals surface area contributed by atoms with Crippen LogP contribution in [0.5, 0.6) is 0 Å². The Morgan fingerprint density at radius 2 is 1.26 bits per heavy atom. The van der Waals surface area contributed by atoms with E-state index in [1.54, 1.807) is 11.3 Å². The summed E-state index contributed by atoms with van der Waals surface area (Å²) in [5.74, 6) is 0.399. The van der Waals surface area contributed by atoms with Crippen LogP contribution in [0.3, 0.4) is 0 Å². The fourth-order valence-corrected chi connectivity index (χ4v) is 9.75. The van der Waals surface area contributed by atoms with Crippen LogP contribution in [0, 0.1) is 40.5 Å². The third-order valence-electron chi connectivity index (χ3n) is 9.42. The molecule has 5 heterocycles. The number of benzene rings is 2. The fraction of sp³-hybridized carbons (Fsp3) is 0.474. The zero-order valence-corrected chi connectivity index (χ0v) is 36.6. The molecule has 0 amide bonds. The van der Waals surface area contributed by atoms with E-state index in [-0.39, 0.29) is 11.5 Å². The first-order valence-corrected chi connectivity index (χ1v) is 22.7. The summed E-state index contributed by atoms with van der Waals surface area (Å²) in [4.78, 5) is 63.8. The molecule has 2 unspecified atom stereocenters. The molecule has 0 radical (unpaired) electrons. The maximum atomic E-state index is 10.5. The average molecular weight is 939 g/mol. The maximum absolute atomic E-state index is 10.5. The number of thiophene rings is 2. The van der Waals surface area contributed by atoms with Crippen LogP contribution >= 0.6 is 47.1 Å². The van der Waals surface area contributed by atoms with Crippen molar-refractivity contribution in [2.75, 3.05) is 76.3 Å². The standard InChI is InChI=1S/C19H23N3O7S2.C16H17NOS.C3H6N2O6S/c23-16(12-30-13-17(29-22(26)27)11-28-21(24)25)10-20-7-5-14(6-8-20)19-9-15-3-1-2-4-18(15)31-19;1-2-4-15-13(3-1)9-16(19-15)12-5-7-17(8-6-12)10-14-11-18-14;6-4(7)10-1-3(2-12)11-5(8)9/h1-5,9,16-17,23H,6-8,10-13H2;1-5,9,14H,6-8,10-11H2;3,12H,1-2H2/t16-,17?;14-;/m00./s1. The number of hydrogen-bond acceptors (Lipinski definition) is 20. The Bertz CT molecular complexity index is 2100. The van der Waals surface area contributed by atoms with Gasteiger partial charge >= 0.3 is 0 Å². The second-order valence-electron chi connectivity index (χ2n) is 14.0. The van der Waals surface area contributed by atoms with Crippen molar-refractivity contribution < 1.29 is 49.5 Å². The van der Waals surface area contributed by atoms with E-state index in [9.17, 15) is 45.6 Å². The Morgan fingerprint density at radius 1 is 0.758 bits per heavy atom. The third kappa shape index (κ3) is 16.8. The molecular formula is C38H46N6O14S4. The van der Waals surface area contributed by atoms with Crippen molar-refractivity contribution in [3.63, 3.8) is 0 Å². The Kier molecular flexibility index (Phi) is 19.2. The smallest absolute Gasteiger partial charge is 0.294 e. The Labute approximate surface area is 372 Å². The van der Waals surface area contributed by atoms with E-state index in [0.717, 1.165) is 39.2 Å². The lowest BCUT2D eigenvalue weighted by Gasteiger charge is -2.28. The van der Waals surface area contributed by atoms with Gasteiger partial charge in [-0.15, -0.1) is 63.1 Å². The van der Waals surface area contributed by atoms with Gasteiger partial charge in [-0.2, -0.15) is 24.4 Å². The molecule has 4 aromatic rings. The van der Waals surface area contributed by atoms with Crippen LogP contribution in [0.15, 0.2) is 72.8 Å². The molecule has 0 saturated carbocycles. The van der Waals surface area contributed by atoms with Gasteiger partial charge in [-0.3, -0.25) is 9.80 Å². The Hall–Kier alpha value is -4.82. The Balaban J connectivity index is 0.000000198. The minimum atomic E-state index is -1.07. The van der Waals surface area contributed by atoms with Gasteiger partial charge in [0.25, 0.3) is 20.3 Å². The highest BCUT2D eigenvalue weighted by molar-refractivity contribution is 7.99. The maximum Gasteiger partial charge on any atom is 0.294 e. The number of ether oxygens (including phenoxy) is 1. The first-order valence-electron chi connectivity index (χ1n) is 19.3. The van der Waals surface area contributed by atoms with Crippen LogP contribution in [0.2, 0.25) is 0 Å². The molecule has 20 nitrogen and oxygen atoms in total. The van der Waals surface area contributed by atoms with Gasteiger partial charge in [-0.25, -0.2) is 0 Å². The fourth-order valence-electron chi connectivity index (χ4n) is 6.39. The van der Waals surface area contributed by atoms with Crippen LogP contribution < -0.4 is 0 Å². The van der Waals surface area contributed by atoms with E-state index in [4.69, 9.17) is 4.74 Å². The number of nitrogens with zero attached hydrogens (tertiary/aromatic N) is 6. The van der Waals surface area contributed by atoms with Crippen molar-refractivity contribution in [3.05, 3.63) is 123 Å². The molecule has 7 rings (SSSR count). The van der Waals surface area contributed by atoms with E-state index in [2.05, 4.69) is 102 Å². The zero-order chi connectivity index (χ0) is 44.4. The van der Waals surface area contributed by atoms with Crippen LogP contribution in [0.25, 0.3) is 31.3 Å². The summed E-state index contributed by atoms with van der Waals surface area (Å²) in [5, 5.41) is 48.9. The van der Waals surface area contributed by atoms with Gasteiger partial charge < -0.3 is 29.2 Å². The minimum Gasteiger partial charge on any atom is -0.391 e. The lowest BCUT2D eigenvalue weighted by atomic mass is 10.1. The highest BCUT2D eigenvalue weighted by Crippen LogP contribution is 2.34. The molecule has 0 bridgehead atoms. The van der Waals surface area contributed by atoms with Gasteiger partial charge in [0.15, 0.2) is 0 Å². The summed E-state index contributed by atoms with van der Waals surface area (Å²) >= 11 is 8.60. The normalized spacial score (nSPS) is 17.7. The number of rotatable bonds is 21. The second kappa shape index (κ2) is 24.7. The molecule has 3 aliphatic rings. The van der Waals surface area contributed by atoms with Crippen LogP contribution in [0.4, 0.5) is 0 Å². The molecule has 1 saturated heterocycles. The highest BCUT2D eigenvalue weighted by atomic mass is 32.2. The summed E-state index contributed by atoms with van der Waals surface area (Å²) in [7, 11) is 0. The summed E-state index contributed by atoms with van der Waals surface area (Å²) in [6.07, 6.45) is 4.47. The van der Waals surface area contributed by atoms with Crippen LogP contribution in [-0.4, -0.2) is 136 Å². The highest BCUT2D eigenvalue weighted by Gasteiger charge is 2.26. The zero-order valence-electron chi connectivity index (χ0n) is 33.2. The number of thiol groups is 1. The van der Waals surface area contributed by atoms with Crippen LogP contribution in [-0.2, 0) is 24.1 Å². The van der Waals surface area contributed by atoms with Gasteiger partial charge in [0.05, 0.1) is 18.8 Å². The number of thioether (sulfide) groups is 1. The van der Waals surface area contributed by atoms with Crippen LogP contribution in [0.1, 0.15) is 22.6 Å². The van der Waals surface area contributed by atoms with Crippen molar-refractivity contribution >= 4 is 78.4 Å². The Morgan fingerprint density at radius 3 is 1.71 bits per heavy atom. The molecule has 2 aromatic heterocycles. The van der Waals surface area contributed by atoms with Gasteiger partial charge in [0, 0.05) is 75.7 Å². The number of fused-ring (bicyclic) bond motifs is 2. The lowest BCUT2D eigenvalue weighted by molar-refractivity contribution is -0.788. The third-order valence-corrected chi connectivity index (χ3v) is 13.4. The molecular weight excluding hydrogens is 893 g/mol. The van der Waals surface area contributed by atoms with Gasteiger partial charge in [0.1, 0.15) is 25.4 Å². The molecule has 336 valence electrons. The predicted molar refractivity (Wildman–Crippen MR) is 238 cm³/mol. The van der Waals surface area contributed by atoms with Crippen molar-refractivity contribution in [2.24, 2.45) is 0 Å².